The van der Waals surface area contributed by atoms with E-state index in [9.17, 15) is 8.42 Å². The molecule has 0 N–H and O–H groups in total. The molecule has 4 rings (SSSR count). The van der Waals surface area contributed by atoms with Gasteiger partial charge >= 0.3 is 0 Å². The van der Waals surface area contributed by atoms with Crippen LogP contribution < -0.4 is 0 Å². The normalized spacial score (nSPS) is 17.5. The minimum atomic E-state index is -3.51. The first-order chi connectivity index (χ1) is 13.6. The van der Waals surface area contributed by atoms with Gasteiger partial charge in [-0.25, -0.2) is 8.42 Å². The highest BCUT2D eigenvalue weighted by Crippen LogP contribution is 2.26. The molecule has 146 valence electrons. The fourth-order valence-electron chi connectivity index (χ4n) is 3.24. The monoisotopic (exact) mass is 399 g/mol. The Morgan fingerprint density at radius 3 is 2.43 bits per heavy atom. The van der Waals surface area contributed by atoms with Crippen molar-refractivity contribution in [2.24, 2.45) is 0 Å². The third-order valence-electron chi connectivity index (χ3n) is 4.91. The van der Waals surface area contributed by atoms with Crippen LogP contribution in [0.15, 0.2) is 64.2 Å². The Hall–Kier alpha value is -2.62. The maximum absolute atomic E-state index is 12.7. The lowest BCUT2D eigenvalue weighted by atomic mass is 10.2. The summed E-state index contributed by atoms with van der Waals surface area (Å²) in [7, 11) is -3.51. The molecule has 2 aromatic heterocycles. The SMILES string of the molecule is CC(c1nnc(-c2ccccc2)o1)N1CCN(S(=O)(=O)c2cccnc2)CC1. The average Bonchev–Trinajstić information content (AvgIpc) is 3.25. The van der Waals surface area contributed by atoms with E-state index in [2.05, 4.69) is 20.1 Å². The van der Waals surface area contributed by atoms with Crippen molar-refractivity contribution in [3.05, 3.63) is 60.7 Å². The fraction of sp³-hybridized carbons (Fsp3) is 0.316. The number of benzene rings is 1. The first-order valence-electron chi connectivity index (χ1n) is 9.09. The number of piperazine rings is 1. The van der Waals surface area contributed by atoms with Gasteiger partial charge < -0.3 is 4.42 Å². The quantitative estimate of drug-likeness (QED) is 0.649. The van der Waals surface area contributed by atoms with E-state index < -0.39 is 10.0 Å². The van der Waals surface area contributed by atoms with Crippen molar-refractivity contribution in [2.45, 2.75) is 17.9 Å². The Labute approximate surface area is 163 Å². The van der Waals surface area contributed by atoms with Crippen molar-refractivity contribution in [1.29, 1.82) is 0 Å². The number of sulfonamides is 1. The summed E-state index contributed by atoms with van der Waals surface area (Å²) < 4.78 is 32.8. The van der Waals surface area contributed by atoms with Gasteiger partial charge in [-0.2, -0.15) is 4.31 Å². The molecule has 1 atom stereocenters. The number of hydrogen-bond donors (Lipinski definition) is 0. The van der Waals surface area contributed by atoms with Crippen LogP contribution in [0.25, 0.3) is 11.5 Å². The summed E-state index contributed by atoms with van der Waals surface area (Å²) in [5.74, 6) is 1.02. The van der Waals surface area contributed by atoms with Crippen molar-refractivity contribution in [1.82, 2.24) is 24.4 Å². The first-order valence-corrected chi connectivity index (χ1v) is 10.5. The third kappa shape index (κ3) is 3.68. The summed E-state index contributed by atoms with van der Waals surface area (Å²) >= 11 is 0. The second-order valence-corrected chi connectivity index (χ2v) is 8.55. The van der Waals surface area contributed by atoms with Crippen LogP contribution in [0.2, 0.25) is 0 Å². The molecule has 3 aromatic rings. The molecule has 1 aliphatic heterocycles. The van der Waals surface area contributed by atoms with Gasteiger partial charge in [0.25, 0.3) is 0 Å². The van der Waals surface area contributed by atoms with E-state index in [1.807, 2.05) is 37.3 Å². The van der Waals surface area contributed by atoms with Gasteiger partial charge in [-0.15, -0.1) is 10.2 Å². The average molecular weight is 399 g/mol. The maximum atomic E-state index is 12.7. The number of nitrogens with zero attached hydrogens (tertiary/aromatic N) is 5. The summed E-state index contributed by atoms with van der Waals surface area (Å²) in [6, 6.07) is 12.7. The summed E-state index contributed by atoms with van der Waals surface area (Å²) in [5, 5.41) is 8.32. The van der Waals surface area contributed by atoms with Crippen LogP contribution in [0.3, 0.4) is 0 Å². The summed E-state index contributed by atoms with van der Waals surface area (Å²) in [5.41, 5.74) is 0.876. The standard InChI is InChI=1S/C19H21N5O3S/c1-15(18-21-22-19(27-18)16-6-3-2-4-7-16)23-10-12-24(13-11-23)28(25,26)17-8-5-9-20-14-17/h2-9,14-15H,10-13H2,1H3. The Morgan fingerprint density at radius 2 is 1.75 bits per heavy atom. The van der Waals surface area contributed by atoms with E-state index in [4.69, 9.17) is 4.42 Å². The molecule has 3 heterocycles. The smallest absolute Gasteiger partial charge is 0.247 e. The van der Waals surface area contributed by atoms with E-state index in [0.29, 0.717) is 38.0 Å². The molecule has 0 amide bonds. The molecule has 0 radical (unpaired) electrons. The molecule has 9 heteroatoms. The minimum Gasteiger partial charge on any atom is -0.419 e. The molecular formula is C19H21N5O3S. The zero-order valence-electron chi connectivity index (χ0n) is 15.5. The van der Waals surface area contributed by atoms with Crippen molar-refractivity contribution < 1.29 is 12.8 Å². The van der Waals surface area contributed by atoms with E-state index in [1.54, 1.807) is 18.3 Å². The molecule has 8 nitrogen and oxygen atoms in total. The van der Waals surface area contributed by atoms with Gasteiger partial charge in [-0.05, 0) is 31.2 Å². The Morgan fingerprint density at radius 1 is 1.00 bits per heavy atom. The maximum Gasteiger partial charge on any atom is 0.247 e. The highest BCUT2D eigenvalue weighted by molar-refractivity contribution is 7.89. The molecule has 0 saturated carbocycles. The van der Waals surface area contributed by atoms with Gasteiger partial charge in [-0.1, -0.05) is 18.2 Å². The lowest BCUT2D eigenvalue weighted by molar-refractivity contribution is 0.129. The van der Waals surface area contributed by atoms with Crippen molar-refractivity contribution >= 4 is 10.0 Å². The van der Waals surface area contributed by atoms with E-state index >= 15 is 0 Å². The highest BCUT2D eigenvalue weighted by Gasteiger charge is 2.31. The number of hydrogen-bond acceptors (Lipinski definition) is 7. The van der Waals surface area contributed by atoms with Crippen LogP contribution in [0.5, 0.6) is 0 Å². The lowest BCUT2D eigenvalue weighted by Crippen LogP contribution is -2.49. The lowest BCUT2D eigenvalue weighted by Gasteiger charge is -2.36. The van der Waals surface area contributed by atoms with Gasteiger partial charge in [0.15, 0.2) is 0 Å². The Balaban J connectivity index is 1.42. The largest absolute Gasteiger partial charge is 0.419 e. The second kappa shape index (κ2) is 7.78. The molecular weight excluding hydrogens is 378 g/mol. The number of rotatable bonds is 5. The van der Waals surface area contributed by atoms with E-state index in [1.165, 1.54) is 10.5 Å². The van der Waals surface area contributed by atoms with Gasteiger partial charge in [-0.3, -0.25) is 9.88 Å². The minimum absolute atomic E-state index is 0.0896. The second-order valence-electron chi connectivity index (χ2n) is 6.62. The van der Waals surface area contributed by atoms with Gasteiger partial charge in [0, 0.05) is 44.1 Å². The molecule has 0 bridgehead atoms. The zero-order chi connectivity index (χ0) is 19.6. The molecule has 1 aliphatic rings. The first kappa shape index (κ1) is 18.7. The highest BCUT2D eigenvalue weighted by atomic mass is 32.2. The molecule has 1 aromatic carbocycles. The zero-order valence-corrected chi connectivity index (χ0v) is 16.3. The van der Waals surface area contributed by atoms with E-state index in [-0.39, 0.29) is 10.9 Å². The summed E-state index contributed by atoms with van der Waals surface area (Å²) in [6.45, 7) is 3.98. The van der Waals surface area contributed by atoms with Crippen molar-refractivity contribution in [3.8, 4) is 11.5 Å². The van der Waals surface area contributed by atoms with Crippen LogP contribution in [-0.2, 0) is 10.0 Å². The number of aromatic nitrogens is 3. The molecule has 1 saturated heterocycles. The Kier molecular flexibility index (Phi) is 5.21. The molecule has 0 aliphatic carbocycles. The molecule has 28 heavy (non-hydrogen) atoms. The van der Waals surface area contributed by atoms with Crippen LogP contribution in [0, 0.1) is 0 Å². The van der Waals surface area contributed by atoms with Gasteiger partial charge in [0.1, 0.15) is 4.90 Å². The fourth-order valence-corrected chi connectivity index (χ4v) is 4.62. The van der Waals surface area contributed by atoms with Crippen LogP contribution in [-0.4, -0.2) is 59.0 Å². The number of pyridine rings is 1. The molecule has 1 fully saturated rings. The van der Waals surface area contributed by atoms with Crippen molar-refractivity contribution in [2.75, 3.05) is 26.2 Å². The topological polar surface area (TPSA) is 92.4 Å². The predicted molar refractivity (Wildman–Crippen MR) is 103 cm³/mol. The molecule has 0 spiro atoms. The summed E-state index contributed by atoms with van der Waals surface area (Å²) in [6.07, 6.45) is 2.95. The van der Waals surface area contributed by atoms with Gasteiger partial charge in [0.05, 0.1) is 6.04 Å². The van der Waals surface area contributed by atoms with Gasteiger partial charge in [0.2, 0.25) is 21.8 Å². The van der Waals surface area contributed by atoms with Crippen LogP contribution in [0.4, 0.5) is 0 Å². The van der Waals surface area contributed by atoms with Crippen LogP contribution in [0.1, 0.15) is 18.9 Å². The summed E-state index contributed by atoms with van der Waals surface area (Å²) in [4.78, 5) is 6.29. The predicted octanol–water partition coefficient (Wildman–Crippen LogP) is 2.20. The third-order valence-corrected chi connectivity index (χ3v) is 6.79. The van der Waals surface area contributed by atoms with E-state index in [0.717, 1.165) is 5.56 Å². The molecule has 1 unspecified atom stereocenters. The van der Waals surface area contributed by atoms with Crippen molar-refractivity contribution in [3.63, 3.8) is 0 Å². The van der Waals surface area contributed by atoms with Crippen LogP contribution >= 0.6 is 0 Å². The Bertz CT molecular complexity index is 1020.